The van der Waals surface area contributed by atoms with Crippen molar-refractivity contribution in [1.82, 2.24) is 9.78 Å². The predicted octanol–water partition coefficient (Wildman–Crippen LogP) is 1.43. The molecule has 2 heterocycles. The van der Waals surface area contributed by atoms with Crippen LogP contribution in [0.1, 0.15) is 20.3 Å². The molecular formula is C11H17N3O. The van der Waals surface area contributed by atoms with E-state index in [9.17, 15) is 4.79 Å². The molecular weight excluding hydrogens is 190 g/mol. The monoisotopic (exact) mass is 207 g/mol. The van der Waals surface area contributed by atoms with Gasteiger partial charge in [-0.1, -0.05) is 13.8 Å². The predicted molar refractivity (Wildman–Crippen MR) is 58.5 cm³/mol. The van der Waals surface area contributed by atoms with Gasteiger partial charge in [-0.05, 0) is 11.8 Å². The summed E-state index contributed by atoms with van der Waals surface area (Å²) in [5.41, 5.74) is 0.922. The van der Waals surface area contributed by atoms with E-state index in [4.69, 9.17) is 0 Å². The first-order chi connectivity index (χ1) is 7.08. The largest absolute Gasteiger partial charge is 0.309 e. The molecule has 0 unspecified atom stereocenters. The SMILES string of the molecule is CC(C)[C@@H]1CC(=O)N(c2cnn(C)c2)C1. The van der Waals surface area contributed by atoms with Crippen molar-refractivity contribution in [1.29, 1.82) is 0 Å². The highest BCUT2D eigenvalue weighted by Gasteiger charge is 2.32. The molecule has 1 aromatic rings. The molecule has 15 heavy (non-hydrogen) atoms. The van der Waals surface area contributed by atoms with Crippen molar-refractivity contribution in [2.75, 3.05) is 11.4 Å². The lowest BCUT2D eigenvalue weighted by molar-refractivity contribution is -0.117. The lowest BCUT2D eigenvalue weighted by atomic mass is 9.95. The number of rotatable bonds is 2. The first-order valence-corrected chi connectivity index (χ1v) is 5.37. The molecule has 0 N–H and O–H groups in total. The van der Waals surface area contributed by atoms with Gasteiger partial charge >= 0.3 is 0 Å². The Kier molecular flexibility index (Phi) is 2.50. The molecule has 0 radical (unpaired) electrons. The minimum atomic E-state index is 0.224. The van der Waals surface area contributed by atoms with Crippen LogP contribution in [0.3, 0.4) is 0 Å². The van der Waals surface area contributed by atoms with Crippen LogP contribution in [0.5, 0.6) is 0 Å². The summed E-state index contributed by atoms with van der Waals surface area (Å²) in [6.07, 6.45) is 4.31. The summed E-state index contributed by atoms with van der Waals surface area (Å²) in [4.78, 5) is 13.6. The highest BCUT2D eigenvalue weighted by molar-refractivity contribution is 5.95. The van der Waals surface area contributed by atoms with Gasteiger partial charge in [0.05, 0.1) is 11.9 Å². The summed E-state index contributed by atoms with van der Waals surface area (Å²) in [5.74, 6) is 1.27. The molecule has 82 valence electrons. The average molecular weight is 207 g/mol. The second kappa shape index (κ2) is 3.68. The number of aryl methyl sites for hydroxylation is 1. The maximum absolute atomic E-state index is 11.8. The molecule has 0 aromatic carbocycles. The lowest BCUT2D eigenvalue weighted by Crippen LogP contribution is -2.24. The van der Waals surface area contributed by atoms with Gasteiger partial charge in [0.1, 0.15) is 0 Å². The van der Waals surface area contributed by atoms with Gasteiger partial charge in [0.15, 0.2) is 0 Å². The Morgan fingerprint density at radius 2 is 2.27 bits per heavy atom. The third-order valence-corrected chi connectivity index (χ3v) is 3.10. The van der Waals surface area contributed by atoms with E-state index in [1.54, 1.807) is 10.9 Å². The van der Waals surface area contributed by atoms with E-state index >= 15 is 0 Å². The second-order valence-electron chi connectivity index (χ2n) is 4.58. The van der Waals surface area contributed by atoms with Gasteiger partial charge in [-0.25, -0.2) is 0 Å². The van der Waals surface area contributed by atoms with Crippen LogP contribution in [-0.2, 0) is 11.8 Å². The number of nitrogens with zero attached hydrogens (tertiary/aromatic N) is 3. The van der Waals surface area contributed by atoms with Crippen LogP contribution in [0.25, 0.3) is 0 Å². The number of anilines is 1. The number of hydrogen-bond donors (Lipinski definition) is 0. The molecule has 0 bridgehead atoms. The number of carbonyl (C=O) groups is 1. The minimum absolute atomic E-state index is 0.224. The van der Waals surface area contributed by atoms with E-state index in [1.165, 1.54) is 0 Å². The van der Waals surface area contributed by atoms with Crippen molar-refractivity contribution in [2.24, 2.45) is 18.9 Å². The van der Waals surface area contributed by atoms with Crippen molar-refractivity contribution in [3.05, 3.63) is 12.4 Å². The number of amides is 1. The van der Waals surface area contributed by atoms with Crippen LogP contribution in [0, 0.1) is 11.8 Å². The number of hydrogen-bond acceptors (Lipinski definition) is 2. The summed E-state index contributed by atoms with van der Waals surface area (Å²) < 4.78 is 1.73. The molecule has 1 aromatic heterocycles. The molecule has 0 saturated carbocycles. The van der Waals surface area contributed by atoms with Crippen molar-refractivity contribution >= 4 is 11.6 Å². The average Bonchev–Trinajstić information content (AvgIpc) is 2.71. The Morgan fingerprint density at radius 1 is 1.53 bits per heavy atom. The van der Waals surface area contributed by atoms with Crippen molar-refractivity contribution < 1.29 is 4.79 Å². The van der Waals surface area contributed by atoms with E-state index in [2.05, 4.69) is 18.9 Å². The minimum Gasteiger partial charge on any atom is -0.309 e. The molecule has 1 saturated heterocycles. The Balaban J connectivity index is 2.15. The molecule has 4 heteroatoms. The van der Waals surface area contributed by atoms with Crippen molar-refractivity contribution in [2.45, 2.75) is 20.3 Å². The van der Waals surface area contributed by atoms with Crippen LogP contribution in [0.4, 0.5) is 5.69 Å². The van der Waals surface area contributed by atoms with Gasteiger partial charge in [-0.3, -0.25) is 9.48 Å². The molecule has 1 aliphatic heterocycles. The molecule has 1 atom stereocenters. The Bertz CT molecular complexity index is 370. The van der Waals surface area contributed by atoms with Crippen molar-refractivity contribution in [3.63, 3.8) is 0 Å². The molecule has 1 fully saturated rings. The van der Waals surface area contributed by atoms with E-state index in [1.807, 2.05) is 18.1 Å². The van der Waals surface area contributed by atoms with Gasteiger partial charge in [0.2, 0.25) is 5.91 Å². The van der Waals surface area contributed by atoms with Crippen LogP contribution < -0.4 is 4.90 Å². The van der Waals surface area contributed by atoms with Crippen molar-refractivity contribution in [3.8, 4) is 0 Å². The van der Waals surface area contributed by atoms with Crippen LogP contribution in [0.15, 0.2) is 12.4 Å². The quantitative estimate of drug-likeness (QED) is 0.735. The normalized spacial score (nSPS) is 21.7. The second-order valence-corrected chi connectivity index (χ2v) is 4.58. The summed E-state index contributed by atoms with van der Waals surface area (Å²) in [5, 5.41) is 4.09. The third kappa shape index (κ3) is 1.89. The smallest absolute Gasteiger partial charge is 0.227 e. The number of aromatic nitrogens is 2. The highest BCUT2D eigenvalue weighted by Crippen LogP contribution is 2.28. The lowest BCUT2D eigenvalue weighted by Gasteiger charge is -2.15. The molecule has 0 spiro atoms. The summed E-state index contributed by atoms with van der Waals surface area (Å²) in [7, 11) is 1.87. The van der Waals surface area contributed by atoms with E-state index < -0.39 is 0 Å². The van der Waals surface area contributed by atoms with E-state index in [0.717, 1.165) is 12.2 Å². The maximum Gasteiger partial charge on any atom is 0.227 e. The maximum atomic E-state index is 11.8. The van der Waals surface area contributed by atoms with Crippen LogP contribution >= 0.6 is 0 Å². The molecule has 4 nitrogen and oxygen atoms in total. The third-order valence-electron chi connectivity index (χ3n) is 3.10. The zero-order valence-corrected chi connectivity index (χ0v) is 9.47. The Hall–Kier alpha value is -1.32. The fourth-order valence-electron chi connectivity index (χ4n) is 1.98. The Morgan fingerprint density at radius 3 is 2.73 bits per heavy atom. The first kappa shape index (κ1) is 10.2. The fourth-order valence-corrected chi connectivity index (χ4v) is 1.98. The molecule has 1 amide bonds. The van der Waals surface area contributed by atoms with E-state index in [-0.39, 0.29) is 5.91 Å². The van der Waals surface area contributed by atoms with Crippen LogP contribution in [0.2, 0.25) is 0 Å². The van der Waals surface area contributed by atoms with Gasteiger partial charge < -0.3 is 4.90 Å². The summed E-state index contributed by atoms with van der Waals surface area (Å²) >= 11 is 0. The summed E-state index contributed by atoms with van der Waals surface area (Å²) in [6, 6.07) is 0. The molecule has 2 rings (SSSR count). The summed E-state index contributed by atoms with van der Waals surface area (Å²) in [6.45, 7) is 5.18. The van der Waals surface area contributed by atoms with Gasteiger partial charge in [0, 0.05) is 26.2 Å². The fraction of sp³-hybridized carbons (Fsp3) is 0.636. The standard InChI is InChI=1S/C11H17N3O/c1-8(2)9-4-11(15)14(6-9)10-5-12-13(3)7-10/h5,7-9H,4,6H2,1-3H3/t9-/m1/s1. The highest BCUT2D eigenvalue weighted by atomic mass is 16.2. The van der Waals surface area contributed by atoms with Gasteiger partial charge in [0.25, 0.3) is 0 Å². The Labute approximate surface area is 89.9 Å². The first-order valence-electron chi connectivity index (χ1n) is 5.37. The van der Waals surface area contributed by atoms with Gasteiger partial charge in [-0.2, -0.15) is 5.10 Å². The number of carbonyl (C=O) groups excluding carboxylic acids is 1. The zero-order chi connectivity index (χ0) is 11.0. The van der Waals surface area contributed by atoms with Crippen LogP contribution in [-0.4, -0.2) is 22.2 Å². The zero-order valence-electron chi connectivity index (χ0n) is 9.47. The van der Waals surface area contributed by atoms with Gasteiger partial charge in [-0.15, -0.1) is 0 Å². The molecule has 0 aliphatic carbocycles. The molecule has 1 aliphatic rings. The van der Waals surface area contributed by atoms with E-state index in [0.29, 0.717) is 18.3 Å². The topological polar surface area (TPSA) is 38.1 Å².